The molecule has 1 aromatic carbocycles. The molecule has 1 saturated heterocycles. The van der Waals surface area contributed by atoms with Crippen LogP contribution in [0.5, 0.6) is 5.88 Å². The Labute approximate surface area is 185 Å². The van der Waals surface area contributed by atoms with Gasteiger partial charge in [0.05, 0.1) is 5.41 Å². The Balaban J connectivity index is 2.02. The first-order valence-electron chi connectivity index (χ1n) is 10.4. The van der Waals surface area contributed by atoms with Crippen molar-refractivity contribution in [1.29, 1.82) is 0 Å². The molecule has 0 unspecified atom stereocenters. The lowest BCUT2D eigenvalue weighted by atomic mass is 9.69. The Morgan fingerprint density at radius 2 is 1.81 bits per heavy atom. The van der Waals surface area contributed by atoms with Crippen LogP contribution in [-0.4, -0.2) is 46.7 Å². The molecule has 2 N–H and O–H groups in total. The number of aryl methyl sites for hydroxylation is 1. The Bertz CT molecular complexity index is 989. The molecule has 9 heteroatoms. The number of carbonyl (C=O) groups excluding carboxylic acids is 1. The van der Waals surface area contributed by atoms with E-state index in [1.807, 2.05) is 38.1 Å². The lowest BCUT2D eigenvalue weighted by Gasteiger charge is -2.41. The number of hydrogen-bond donors (Lipinski definition) is 2. The largest absolute Gasteiger partial charge is 0.465 e. The van der Waals surface area contributed by atoms with Crippen LogP contribution in [0.2, 0.25) is 0 Å². The maximum Gasteiger partial charge on any atom is 0.407 e. The van der Waals surface area contributed by atoms with Crippen LogP contribution in [0.4, 0.5) is 19.3 Å². The molecule has 2 aromatic rings. The number of hydrogen-bond acceptors (Lipinski definition) is 4. The third-order valence-corrected chi connectivity index (χ3v) is 5.87. The minimum atomic E-state index is -3.09. The standard InChI is InChI=1S/C23H27F2N3O4/c1-14(2)16-6-4-5-7-17(16)23(10-12-28(13-11-23)22(30)31)20(29)27-18-9-8-15(3)26-19(18)32-21(24)25/h4-9,14,21H,10-13H2,1-3H3,(H,27,29)(H,30,31). The van der Waals surface area contributed by atoms with Crippen LogP contribution in [-0.2, 0) is 10.2 Å². The summed E-state index contributed by atoms with van der Waals surface area (Å²) in [4.78, 5) is 30.4. The quantitative estimate of drug-likeness (QED) is 0.666. The Hall–Kier alpha value is -3.23. The number of piperidine rings is 1. The normalized spacial score (nSPS) is 15.7. The number of pyridine rings is 1. The monoisotopic (exact) mass is 447 g/mol. The fourth-order valence-corrected chi connectivity index (χ4v) is 4.18. The summed E-state index contributed by atoms with van der Waals surface area (Å²) in [6.45, 7) is 2.95. The summed E-state index contributed by atoms with van der Waals surface area (Å²) in [6, 6.07) is 10.7. The van der Waals surface area contributed by atoms with Gasteiger partial charge in [0, 0.05) is 18.8 Å². The van der Waals surface area contributed by atoms with Gasteiger partial charge in [0.2, 0.25) is 11.8 Å². The molecule has 0 bridgehead atoms. The lowest BCUT2D eigenvalue weighted by molar-refractivity contribution is -0.123. The van der Waals surface area contributed by atoms with Gasteiger partial charge in [-0.1, -0.05) is 38.1 Å². The predicted octanol–water partition coefficient (Wildman–Crippen LogP) is 4.77. The van der Waals surface area contributed by atoms with Gasteiger partial charge >= 0.3 is 12.7 Å². The zero-order chi connectivity index (χ0) is 23.5. The number of halogens is 2. The first-order valence-corrected chi connectivity index (χ1v) is 10.4. The lowest BCUT2D eigenvalue weighted by Crippen LogP contribution is -2.51. The Morgan fingerprint density at radius 3 is 2.41 bits per heavy atom. The fraction of sp³-hybridized carbons (Fsp3) is 0.435. The third kappa shape index (κ3) is 4.81. The second-order valence-corrected chi connectivity index (χ2v) is 8.23. The number of alkyl halides is 2. The number of aromatic nitrogens is 1. The van der Waals surface area contributed by atoms with Crippen LogP contribution < -0.4 is 10.1 Å². The van der Waals surface area contributed by atoms with Crippen molar-refractivity contribution in [3.63, 3.8) is 0 Å². The highest BCUT2D eigenvalue weighted by atomic mass is 19.3. The molecule has 1 aromatic heterocycles. The molecule has 32 heavy (non-hydrogen) atoms. The molecule has 1 fully saturated rings. The molecule has 3 rings (SSSR count). The van der Waals surface area contributed by atoms with Crippen LogP contribution in [0.1, 0.15) is 49.4 Å². The fourth-order valence-electron chi connectivity index (χ4n) is 4.18. The highest BCUT2D eigenvalue weighted by molar-refractivity contribution is 6.00. The van der Waals surface area contributed by atoms with E-state index in [2.05, 4.69) is 15.0 Å². The van der Waals surface area contributed by atoms with Gasteiger partial charge in [0.15, 0.2) is 0 Å². The van der Waals surface area contributed by atoms with E-state index >= 15 is 0 Å². The molecule has 1 aliphatic rings. The van der Waals surface area contributed by atoms with E-state index in [-0.39, 0.29) is 43.4 Å². The van der Waals surface area contributed by atoms with E-state index in [1.54, 1.807) is 13.0 Å². The van der Waals surface area contributed by atoms with E-state index in [0.29, 0.717) is 5.69 Å². The van der Waals surface area contributed by atoms with Crippen molar-refractivity contribution in [3.05, 3.63) is 53.2 Å². The highest BCUT2D eigenvalue weighted by Gasteiger charge is 2.45. The third-order valence-electron chi connectivity index (χ3n) is 5.87. The van der Waals surface area contributed by atoms with Gasteiger partial charge in [0.1, 0.15) is 5.69 Å². The van der Waals surface area contributed by atoms with Crippen LogP contribution in [0.3, 0.4) is 0 Å². The number of carboxylic acid groups (broad SMARTS) is 1. The van der Waals surface area contributed by atoms with Gasteiger partial charge < -0.3 is 20.1 Å². The molecule has 0 saturated carbocycles. The summed E-state index contributed by atoms with van der Waals surface area (Å²) in [7, 11) is 0. The number of nitrogens with one attached hydrogen (secondary N) is 1. The number of anilines is 1. The maximum absolute atomic E-state index is 13.7. The molecule has 1 aliphatic heterocycles. The highest BCUT2D eigenvalue weighted by Crippen LogP contribution is 2.41. The molecular weight excluding hydrogens is 420 g/mol. The molecule has 0 atom stereocenters. The minimum absolute atomic E-state index is 0.0444. The first kappa shape index (κ1) is 23.4. The van der Waals surface area contributed by atoms with Crippen molar-refractivity contribution in [2.24, 2.45) is 0 Å². The number of nitrogens with zero attached hydrogens (tertiary/aromatic N) is 2. The molecule has 0 spiro atoms. The predicted molar refractivity (Wildman–Crippen MR) is 115 cm³/mol. The van der Waals surface area contributed by atoms with Crippen LogP contribution in [0, 0.1) is 6.92 Å². The van der Waals surface area contributed by atoms with Crippen LogP contribution in [0.15, 0.2) is 36.4 Å². The molecule has 2 amide bonds. The van der Waals surface area contributed by atoms with Crippen molar-refractivity contribution in [1.82, 2.24) is 9.88 Å². The van der Waals surface area contributed by atoms with Gasteiger partial charge in [-0.05, 0) is 48.9 Å². The zero-order valence-corrected chi connectivity index (χ0v) is 18.3. The number of rotatable bonds is 6. The molecule has 0 radical (unpaired) electrons. The topological polar surface area (TPSA) is 91.8 Å². The van der Waals surface area contributed by atoms with E-state index in [9.17, 15) is 23.5 Å². The summed E-state index contributed by atoms with van der Waals surface area (Å²) in [6.07, 6.45) is -0.509. The van der Waals surface area contributed by atoms with Gasteiger partial charge in [0.25, 0.3) is 0 Å². The second-order valence-electron chi connectivity index (χ2n) is 8.23. The summed E-state index contributed by atoms with van der Waals surface area (Å²) in [5, 5.41) is 12.1. The number of amides is 2. The Morgan fingerprint density at radius 1 is 1.16 bits per heavy atom. The summed E-state index contributed by atoms with van der Waals surface area (Å²) in [5.41, 5.74) is 1.28. The number of likely N-dealkylation sites (tertiary alicyclic amines) is 1. The maximum atomic E-state index is 13.7. The number of carbonyl (C=O) groups is 2. The van der Waals surface area contributed by atoms with Crippen LogP contribution in [0.25, 0.3) is 0 Å². The molecule has 2 heterocycles. The van der Waals surface area contributed by atoms with Gasteiger partial charge in [-0.3, -0.25) is 4.79 Å². The summed E-state index contributed by atoms with van der Waals surface area (Å²) in [5.74, 6) is -0.629. The molecule has 7 nitrogen and oxygen atoms in total. The Kier molecular flexibility index (Phi) is 6.96. The number of ether oxygens (including phenoxy) is 1. The molecular formula is C23H27F2N3O4. The van der Waals surface area contributed by atoms with Gasteiger partial charge in [-0.15, -0.1) is 0 Å². The van der Waals surface area contributed by atoms with Gasteiger partial charge in [-0.25, -0.2) is 9.78 Å². The number of benzene rings is 1. The van der Waals surface area contributed by atoms with Gasteiger partial charge in [-0.2, -0.15) is 8.78 Å². The average Bonchev–Trinajstić information content (AvgIpc) is 2.75. The summed E-state index contributed by atoms with van der Waals surface area (Å²) < 4.78 is 30.3. The SMILES string of the molecule is Cc1ccc(NC(=O)C2(c3ccccc3C(C)C)CCN(C(=O)O)CC2)c(OC(F)F)n1. The van der Waals surface area contributed by atoms with E-state index < -0.39 is 24.0 Å². The van der Waals surface area contributed by atoms with Crippen molar-refractivity contribution in [2.45, 2.75) is 51.6 Å². The first-order chi connectivity index (χ1) is 15.1. The van der Waals surface area contributed by atoms with Crippen molar-refractivity contribution < 1.29 is 28.2 Å². The van der Waals surface area contributed by atoms with E-state index in [4.69, 9.17) is 0 Å². The summed E-state index contributed by atoms with van der Waals surface area (Å²) >= 11 is 0. The second kappa shape index (κ2) is 9.50. The van der Waals surface area contributed by atoms with E-state index in [1.165, 1.54) is 11.0 Å². The smallest absolute Gasteiger partial charge is 0.407 e. The van der Waals surface area contributed by atoms with Crippen molar-refractivity contribution in [2.75, 3.05) is 18.4 Å². The van der Waals surface area contributed by atoms with Crippen molar-refractivity contribution in [3.8, 4) is 5.88 Å². The minimum Gasteiger partial charge on any atom is -0.465 e. The molecule has 172 valence electrons. The van der Waals surface area contributed by atoms with Crippen molar-refractivity contribution >= 4 is 17.7 Å². The average molecular weight is 447 g/mol. The van der Waals surface area contributed by atoms with Crippen LogP contribution >= 0.6 is 0 Å². The molecule has 0 aliphatic carbocycles. The van der Waals surface area contributed by atoms with E-state index in [0.717, 1.165) is 11.1 Å². The zero-order valence-electron chi connectivity index (χ0n) is 18.3.